The predicted molar refractivity (Wildman–Crippen MR) is 139 cm³/mol. The number of rotatable bonds is 5. The van der Waals surface area contributed by atoms with Crippen LogP contribution < -0.4 is 16.8 Å². The Morgan fingerprint density at radius 1 is 1.13 bits per heavy atom. The lowest BCUT2D eigenvalue weighted by atomic mass is 10.1. The Kier molecular flexibility index (Phi) is 7.53. The summed E-state index contributed by atoms with van der Waals surface area (Å²) in [5.41, 5.74) is 10.2. The van der Waals surface area contributed by atoms with Gasteiger partial charge in [0.25, 0.3) is 11.1 Å². The number of methoxy groups -OCH3 is 1. The summed E-state index contributed by atoms with van der Waals surface area (Å²) in [6.07, 6.45) is 2.87. The van der Waals surface area contributed by atoms with E-state index in [9.17, 15) is 19.2 Å². The number of carbonyl (C=O) groups is 3. The van der Waals surface area contributed by atoms with Crippen LogP contribution in [0, 0.1) is 0 Å². The summed E-state index contributed by atoms with van der Waals surface area (Å²) in [6.45, 7) is 0.274. The summed E-state index contributed by atoms with van der Waals surface area (Å²) in [7, 11) is 2.92. The molecule has 0 fully saturated rings. The largest absolute Gasteiger partial charge is 0.465 e. The Hall–Kier alpha value is -4.97. The number of aromatic amines is 1. The van der Waals surface area contributed by atoms with Crippen molar-refractivity contribution < 1.29 is 23.5 Å². The minimum Gasteiger partial charge on any atom is -0.465 e. The molecule has 194 valence electrons. The Morgan fingerprint density at radius 2 is 1.84 bits per heavy atom. The second-order valence-corrected chi connectivity index (χ2v) is 8.29. The second-order valence-electron chi connectivity index (χ2n) is 7.94. The van der Waals surface area contributed by atoms with E-state index in [-0.39, 0.29) is 18.1 Å². The number of nitrogens with two attached hydrogens (primary N) is 1. The minimum atomic E-state index is -0.545. The highest BCUT2D eigenvalue weighted by Crippen LogP contribution is 2.19. The number of amides is 1. The molecular weight excluding hydrogens is 516 g/mol. The van der Waals surface area contributed by atoms with Crippen LogP contribution in [0.1, 0.15) is 36.8 Å². The van der Waals surface area contributed by atoms with Gasteiger partial charge in [-0.1, -0.05) is 6.07 Å². The van der Waals surface area contributed by atoms with Gasteiger partial charge in [-0.2, -0.15) is 0 Å². The standard InChI is InChI=1S/C16H14N6O3.C9H7ClO3/c1-22-10-4-8(2-3-11(10)25-16(22)24)5-19-15(23)14-13-12(20-7-21-14)9(17)6-18-13;1-13-9(12)7-4-2-6(3-5-7)8(10)11/h2-4,6-7,18H,5,17H2,1H3,(H,19,23);2-5H,1H3. The highest BCUT2D eigenvalue weighted by atomic mass is 35.5. The van der Waals surface area contributed by atoms with Crippen molar-refractivity contribution >= 4 is 56.5 Å². The van der Waals surface area contributed by atoms with Gasteiger partial charge < -0.3 is 25.2 Å². The van der Waals surface area contributed by atoms with E-state index >= 15 is 0 Å². The number of fused-ring (bicyclic) bond motifs is 2. The summed E-state index contributed by atoms with van der Waals surface area (Å²) in [4.78, 5) is 56.6. The van der Waals surface area contributed by atoms with E-state index in [1.807, 2.05) is 0 Å². The number of nitrogen functional groups attached to an aromatic ring is 1. The summed E-state index contributed by atoms with van der Waals surface area (Å²) in [5, 5.41) is 2.25. The molecule has 38 heavy (non-hydrogen) atoms. The minimum absolute atomic E-state index is 0.221. The number of benzene rings is 2. The van der Waals surface area contributed by atoms with Crippen molar-refractivity contribution in [2.45, 2.75) is 6.54 Å². The topological polar surface area (TPSA) is 175 Å². The number of hydrogen-bond donors (Lipinski definition) is 3. The number of anilines is 1. The van der Waals surface area contributed by atoms with E-state index < -0.39 is 17.0 Å². The molecule has 0 radical (unpaired) electrons. The number of nitrogens with zero attached hydrogens (tertiary/aromatic N) is 3. The molecule has 2 aromatic carbocycles. The molecule has 0 aliphatic carbocycles. The van der Waals surface area contributed by atoms with E-state index in [0.29, 0.717) is 38.9 Å². The molecule has 0 saturated heterocycles. The smallest absolute Gasteiger partial charge is 0.419 e. The van der Waals surface area contributed by atoms with Crippen molar-refractivity contribution in [3.05, 3.63) is 87.9 Å². The van der Waals surface area contributed by atoms with Gasteiger partial charge in [-0.25, -0.2) is 19.6 Å². The normalized spacial score (nSPS) is 10.6. The quantitative estimate of drug-likeness (QED) is 0.225. The number of esters is 1. The summed E-state index contributed by atoms with van der Waals surface area (Å²) >= 11 is 5.21. The number of hydrogen-bond acceptors (Lipinski definition) is 9. The zero-order valence-corrected chi connectivity index (χ0v) is 20.9. The number of aryl methyl sites for hydroxylation is 1. The van der Waals surface area contributed by atoms with Gasteiger partial charge in [-0.15, -0.1) is 0 Å². The monoisotopic (exact) mass is 536 g/mol. The number of carbonyl (C=O) groups excluding carboxylic acids is 3. The van der Waals surface area contributed by atoms with Crippen LogP contribution in [-0.4, -0.2) is 43.7 Å². The van der Waals surface area contributed by atoms with Gasteiger partial charge in [0.2, 0.25) is 0 Å². The lowest BCUT2D eigenvalue weighted by Gasteiger charge is -2.06. The van der Waals surface area contributed by atoms with E-state index in [1.54, 1.807) is 31.4 Å². The maximum Gasteiger partial charge on any atom is 0.419 e. The number of halogens is 1. The van der Waals surface area contributed by atoms with E-state index in [1.165, 1.54) is 42.3 Å². The molecule has 3 aromatic heterocycles. The molecule has 0 atom stereocenters. The highest BCUT2D eigenvalue weighted by molar-refractivity contribution is 6.67. The zero-order valence-electron chi connectivity index (χ0n) is 20.1. The van der Waals surface area contributed by atoms with Crippen LogP contribution in [0.4, 0.5) is 5.69 Å². The molecule has 5 aromatic rings. The fraction of sp³-hybridized carbons (Fsp3) is 0.120. The maximum absolute atomic E-state index is 12.4. The molecule has 12 nitrogen and oxygen atoms in total. The van der Waals surface area contributed by atoms with Gasteiger partial charge in [-0.05, 0) is 53.6 Å². The van der Waals surface area contributed by atoms with Gasteiger partial charge in [-0.3, -0.25) is 14.2 Å². The fourth-order valence-corrected chi connectivity index (χ4v) is 3.66. The third kappa shape index (κ3) is 5.39. The molecule has 13 heteroatoms. The molecule has 0 aliphatic rings. The Balaban J connectivity index is 0.000000219. The number of ether oxygens (including phenoxy) is 1. The maximum atomic E-state index is 12.4. The van der Waals surface area contributed by atoms with Crippen molar-refractivity contribution in [1.29, 1.82) is 0 Å². The van der Waals surface area contributed by atoms with Crippen LogP contribution in [0.5, 0.6) is 0 Å². The van der Waals surface area contributed by atoms with Crippen molar-refractivity contribution in [3.63, 3.8) is 0 Å². The molecule has 5 rings (SSSR count). The van der Waals surface area contributed by atoms with Crippen molar-refractivity contribution in [2.75, 3.05) is 12.8 Å². The van der Waals surface area contributed by atoms with Gasteiger partial charge in [0, 0.05) is 25.4 Å². The van der Waals surface area contributed by atoms with E-state index in [2.05, 4.69) is 25.0 Å². The molecule has 3 heterocycles. The van der Waals surface area contributed by atoms with Crippen LogP contribution >= 0.6 is 11.6 Å². The second kappa shape index (κ2) is 11.0. The molecule has 4 N–H and O–H groups in total. The summed E-state index contributed by atoms with van der Waals surface area (Å²) in [6, 6.07) is 11.2. The first-order valence-electron chi connectivity index (χ1n) is 11.0. The number of nitrogens with one attached hydrogen (secondary N) is 2. The third-order valence-corrected chi connectivity index (χ3v) is 5.77. The van der Waals surface area contributed by atoms with Crippen LogP contribution in [-0.2, 0) is 18.3 Å². The molecule has 0 spiro atoms. The molecule has 0 bridgehead atoms. The first kappa shape index (κ1) is 26.1. The van der Waals surface area contributed by atoms with E-state index in [4.69, 9.17) is 21.8 Å². The van der Waals surface area contributed by atoms with Crippen molar-refractivity contribution in [1.82, 2.24) is 24.8 Å². The zero-order chi connectivity index (χ0) is 27.4. The predicted octanol–water partition coefficient (Wildman–Crippen LogP) is 2.77. The van der Waals surface area contributed by atoms with Crippen molar-refractivity contribution in [2.24, 2.45) is 7.05 Å². The fourth-order valence-electron chi connectivity index (χ4n) is 3.54. The Morgan fingerprint density at radius 3 is 2.53 bits per heavy atom. The van der Waals surface area contributed by atoms with Gasteiger partial charge in [0.05, 0.1) is 29.4 Å². The van der Waals surface area contributed by atoms with Gasteiger partial charge in [0.15, 0.2) is 11.3 Å². The Bertz CT molecular complexity index is 1720. The van der Waals surface area contributed by atoms with E-state index in [0.717, 1.165) is 5.56 Å². The van der Waals surface area contributed by atoms with Crippen LogP contribution in [0.3, 0.4) is 0 Å². The summed E-state index contributed by atoms with van der Waals surface area (Å²) < 4.78 is 11.0. The molecular formula is C25H21ClN6O6. The van der Waals surface area contributed by atoms with Crippen LogP contribution in [0.25, 0.3) is 22.1 Å². The lowest BCUT2D eigenvalue weighted by molar-refractivity contribution is 0.0600. The van der Waals surface area contributed by atoms with Gasteiger partial charge >= 0.3 is 11.7 Å². The highest BCUT2D eigenvalue weighted by Gasteiger charge is 2.15. The first-order chi connectivity index (χ1) is 18.2. The number of oxazole rings is 1. The van der Waals surface area contributed by atoms with Gasteiger partial charge in [0.1, 0.15) is 11.8 Å². The summed E-state index contributed by atoms with van der Waals surface area (Å²) in [5.74, 6) is -1.21. The van der Waals surface area contributed by atoms with Crippen molar-refractivity contribution in [3.8, 4) is 0 Å². The number of H-pyrrole nitrogens is 1. The third-order valence-electron chi connectivity index (χ3n) is 5.55. The molecule has 0 aliphatic heterocycles. The molecule has 1 amide bonds. The Labute approximate surface area is 219 Å². The van der Waals surface area contributed by atoms with Crippen LogP contribution in [0.2, 0.25) is 0 Å². The first-order valence-corrected chi connectivity index (χ1v) is 11.4. The van der Waals surface area contributed by atoms with Crippen LogP contribution in [0.15, 0.2) is 64.2 Å². The molecule has 0 unspecified atom stereocenters. The number of aromatic nitrogens is 4. The molecule has 0 saturated carbocycles. The lowest BCUT2D eigenvalue weighted by Crippen LogP contribution is -2.24. The SMILES string of the molecule is COC(=O)c1ccc(C(=O)Cl)cc1.Cn1c(=O)oc2ccc(CNC(=O)c3ncnc4c(N)c[nH]c34)cc21. The average molecular weight is 537 g/mol. The average Bonchev–Trinajstić information content (AvgIpc) is 3.45.